The molecule has 0 aliphatic carbocycles. The standard InChI is InChI=1S/C18H16BrNO4S/c1-12(21)20-15-6-2-13(3-7-15)17(22)10-24-18(23)11-25-16-8-4-14(19)5-9-16/h2-9H,10-11H2,1H3,(H,20,21). The van der Waals surface area contributed by atoms with Gasteiger partial charge in [-0.15, -0.1) is 11.8 Å². The Labute approximate surface area is 158 Å². The summed E-state index contributed by atoms with van der Waals surface area (Å²) in [4.78, 5) is 35.7. The minimum atomic E-state index is -0.448. The predicted octanol–water partition coefficient (Wildman–Crippen LogP) is 3.93. The molecule has 2 aromatic carbocycles. The molecule has 25 heavy (non-hydrogen) atoms. The summed E-state index contributed by atoms with van der Waals surface area (Å²) in [6, 6.07) is 14.0. The van der Waals surface area contributed by atoms with Crippen LogP contribution in [0.15, 0.2) is 57.9 Å². The fourth-order valence-corrected chi connectivity index (χ4v) is 2.85. The van der Waals surface area contributed by atoms with E-state index < -0.39 is 5.97 Å². The average Bonchev–Trinajstić information content (AvgIpc) is 2.59. The molecule has 0 saturated carbocycles. The third-order valence-electron chi connectivity index (χ3n) is 3.06. The van der Waals surface area contributed by atoms with Crippen molar-refractivity contribution in [1.82, 2.24) is 0 Å². The number of carbonyl (C=O) groups excluding carboxylic acids is 3. The smallest absolute Gasteiger partial charge is 0.316 e. The maximum Gasteiger partial charge on any atom is 0.316 e. The van der Waals surface area contributed by atoms with Crippen LogP contribution in [-0.4, -0.2) is 30.0 Å². The lowest BCUT2D eigenvalue weighted by atomic mass is 10.1. The van der Waals surface area contributed by atoms with Crippen LogP contribution in [0.4, 0.5) is 5.69 Å². The fraction of sp³-hybridized carbons (Fsp3) is 0.167. The van der Waals surface area contributed by atoms with Crippen molar-refractivity contribution >= 4 is 51.0 Å². The molecule has 1 amide bonds. The summed E-state index contributed by atoms with van der Waals surface area (Å²) >= 11 is 4.69. The zero-order chi connectivity index (χ0) is 18.2. The van der Waals surface area contributed by atoms with Gasteiger partial charge < -0.3 is 10.1 Å². The van der Waals surface area contributed by atoms with E-state index in [0.29, 0.717) is 11.3 Å². The van der Waals surface area contributed by atoms with Gasteiger partial charge in [-0.3, -0.25) is 14.4 Å². The number of esters is 1. The van der Waals surface area contributed by atoms with Crippen LogP contribution in [0.5, 0.6) is 0 Å². The molecule has 2 aromatic rings. The lowest BCUT2D eigenvalue weighted by Crippen LogP contribution is -2.15. The van der Waals surface area contributed by atoms with E-state index in [1.165, 1.54) is 18.7 Å². The fourth-order valence-electron chi connectivity index (χ4n) is 1.89. The second kappa shape index (κ2) is 9.39. The van der Waals surface area contributed by atoms with Crippen LogP contribution in [0.3, 0.4) is 0 Å². The second-order valence-corrected chi connectivity index (χ2v) is 7.05. The molecule has 0 radical (unpaired) electrons. The number of anilines is 1. The molecule has 2 rings (SSSR count). The van der Waals surface area contributed by atoms with Crippen LogP contribution in [0.2, 0.25) is 0 Å². The first-order valence-electron chi connectivity index (χ1n) is 7.39. The van der Waals surface area contributed by atoms with E-state index in [1.807, 2.05) is 24.3 Å². The van der Waals surface area contributed by atoms with Gasteiger partial charge in [0.15, 0.2) is 12.4 Å². The topological polar surface area (TPSA) is 72.5 Å². The van der Waals surface area contributed by atoms with Crippen molar-refractivity contribution in [2.24, 2.45) is 0 Å². The summed E-state index contributed by atoms with van der Waals surface area (Å²) in [5, 5.41) is 2.62. The van der Waals surface area contributed by atoms with Gasteiger partial charge in [0.25, 0.3) is 0 Å². The third-order valence-corrected chi connectivity index (χ3v) is 4.58. The van der Waals surface area contributed by atoms with Crippen molar-refractivity contribution < 1.29 is 19.1 Å². The number of ketones is 1. The minimum absolute atomic E-state index is 0.135. The molecule has 0 atom stereocenters. The van der Waals surface area contributed by atoms with Gasteiger partial charge in [0.2, 0.25) is 5.91 Å². The van der Waals surface area contributed by atoms with Gasteiger partial charge in [-0.2, -0.15) is 0 Å². The monoisotopic (exact) mass is 421 g/mol. The van der Waals surface area contributed by atoms with E-state index in [9.17, 15) is 14.4 Å². The Bertz CT molecular complexity index is 760. The molecular formula is C18H16BrNO4S. The van der Waals surface area contributed by atoms with E-state index in [4.69, 9.17) is 4.74 Å². The highest BCUT2D eigenvalue weighted by molar-refractivity contribution is 9.10. The highest BCUT2D eigenvalue weighted by Crippen LogP contribution is 2.20. The predicted molar refractivity (Wildman–Crippen MR) is 101 cm³/mol. The van der Waals surface area contributed by atoms with Gasteiger partial charge >= 0.3 is 5.97 Å². The van der Waals surface area contributed by atoms with Crippen molar-refractivity contribution in [1.29, 1.82) is 0 Å². The molecule has 0 bridgehead atoms. The zero-order valence-electron chi connectivity index (χ0n) is 13.5. The molecule has 0 aliphatic heterocycles. The number of Topliss-reactive ketones (excluding diaryl/α,β-unsaturated/α-hetero) is 1. The van der Waals surface area contributed by atoms with Gasteiger partial charge in [-0.05, 0) is 48.5 Å². The summed E-state index contributed by atoms with van der Waals surface area (Å²) in [6.07, 6.45) is 0. The Morgan fingerprint density at radius 2 is 1.68 bits per heavy atom. The number of hydrogen-bond donors (Lipinski definition) is 1. The molecule has 0 aliphatic rings. The Morgan fingerprint density at radius 3 is 2.28 bits per heavy atom. The number of rotatable bonds is 7. The largest absolute Gasteiger partial charge is 0.457 e. The van der Waals surface area contributed by atoms with Gasteiger partial charge in [0.05, 0.1) is 5.75 Å². The number of nitrogens with one attached hydrogen (secondary N) is 1. The van der Waals surface area contributed by atoms with Crippen LogP contribution < -0.4 is 5.32 Å². The van der Waals surface area contributed by atoms with Gasteiger partial charge in [-0.25, -0.2) is 0 Å². The maximum absolute atomic E-state index is 12.0. The number of amides is 1. The van der Waals surface area contributed by atoms with Gasteiger partial charge in [0, 0.05) is 27.5 Å². The van der Waals surface area contributed by atoms with Crippen LogP contribution in [0.25, 0.3) is 0 Å². The summed E-state index contributed by atoms with van der Waals surface area (Å²) < 4.78 is 5.98. The van der Waals surface area contributed by atoms with E-state index in [0.717, 1.165) is 9.37 Å². The summed E-state index contributed by atoms with van der Waals surface area (Å²) in [5.74, 6) is -0.792. The second-order valence-electron chi connectivity index (χ2n) is 5.08. The molecular weight excluding hydrogens is 406 g/mol. The Kier molecular flexibility index (Phi) is 7.21. The maximum atomic E-state index is 12.0. The lowest BCUT2D eigenvalue weighted by molar-refractivity contribution is -0.139. The van der Waals surface area contributed by atoms with Crippen molar-refractivity contribution in [3.05, 3.63) is 58.6 Å². The molecule has 1 N–H and O–H groups in total. The molecule has 5 nitrogen and oxygen atoms in total. The highest BCUT2D eigenvalue weighted by atomic mass is 79.9. The quantitative estimate of drug-likeness (QED) is 0.416. The minimum Gasteiger partial charge on any atom is -0.457 e. The van der Waals surface area contributed by atoms with Crippen LogP contribution in [0.1, 0.15) is 17.3 Å². The van der Waals surface area contributed by atoms with Gasteiger partial charge in [0.1, 0.15) is 0 Å². The number of hydrogen-bond acceptors (Lipinski definition) is 5. The first-order chi connectivity index (χ1) is 11.9. The molecule has 0 spiro atoms. The number of benzene rings is 2. The molecule has 0 heterocycles. The molecule has 0 saturated heterocycles. The number of halogens is 1. The zero-order valence-corrected chi connectivity index (χ0v) is 15.9. The van der Waals surface area contributed by atoms with E-state index >= 15 is 0 Å². The van der Waals surface area contributed by atoms with E-state index in [1.54, 1.807) is 24.3 Å². The summed E-state index contributed by atoms with van der Waals surface area (Å²) in [7, 11) is 0. The van der Waals surface area contributed by atoms with Crippen LogP contribution in [0, 0.1) is 0 Å². The Balaban J connectivity index is 1.77. The number of thioether (sulfide) groups is 1. The number of ether oxygens (including phenoxy) is 1. The summed E-state index contributed by atoms with van der Waals surface area (Å²) in [5.41, 5.74) is 1.02. The van der Waals surface area contributed by atoms with Crippen LogP contribution in [-0.2, 0) is 14.3 Å². The molecule has 0 aromatic heterocycles. The molecule has 0 unspecified atom stereocenters. The number of carbonyl (C=O) groups is 3. The van der Waals surface area contributed by atoms with Crippen molar-refractivity contribution in [3.8, 4) is 0 Å². The normalized spacial score (nSPS) is 10.2. The highest BCUT2D eigenvalue weighted by Gasteiger charge is 2.11. The first kappa shape index (κ1) is 19.2. The van der Waals surface area contributed by atoms with Crippen molar-refractivity contribution in [2.45, 2.75) is 11.8 Å². The van der Waals surface area contributed by atoms with Gasteiger partial charge in [-0.1, -0.05) is 15.9 Å². The van der Waals surface area contributed by atoms with E-state index in [-0.39, 0.29) is 24.1 Å². The van der Waals surface area contributed by atoms with E-state index in [2.05, 4.69) is 21.2 Å². The van der Waals surface area contributed by atoms with Crippen molar-refractivity contribution in [2.75, 3.05) is 17.7 Å². The molecule has 0 fully saturated rings. The SMILES string of the molecule is CC(=O)Nc1ccc(C(=O)COC(=O)CSc2ccc(Br)cc2)cc1. The van der Waals surface area contributed by atoms with Crippen LogP contribution >= 0.6 is 27.7 Å². The molecule has 130 valence electrons. The first-order valence-corrected chi connectivity index (χ1v) is 9.17. The molecule has 7 heteroatoms. The third kappa shape index (κ3) is 6.72. The summed E-state index contributed by atoms with van der Waals surface area (Å²) in [6.45, 7) is 1.10. The Morgan fingerprint density at radius 1 is 1.04 bits per heavy atom. The lowest BCUT2D eigenvalue weighted by Gasteiger charge is -2.06. The van der Waals surface area contributed by atoms with Crippen molar-refractivity contribution in [3.63, 3.8) is 0 Å². The average molecular weight is 422 g/mol. The Hall–Kier alpha value is -2.12.